The van der Waals surface area contributed by atoms with Crippen LogP contribution in [0.3, 0.4) is 0 Å². The number of nitrogens with zero attached hydrogens (tertiary/aromatic N) is 1. The van der Waals surface area contributed by atoms with Crippen LogP contribution < -0.4 is 16.0 Å². The van der Waals surface area contributed by atoms with Crippen LogP contribution in [0.2, 0.25) is 0 Å². The van der Waals surface area contributed by atoms with Gasteiger partial charge in [-0.25, -0.2) is 4.79 Å². The molecule has 1 aliphatic heterocycles. The zero-order valence-electron chi connectivity index (χ0n) is 23.5. The van der Waals surface area contributed by atoms with Crippen LogP contribution in [-0.4, -0.2) is 59.5 Å². The molecule has 9 nitrogen and oxygen atoms in total. The maximum absolute atomic E-state index is 13.4. The van der Waals surface area contributed by atoms with Crippen molar-refractivity contribution in [3.8, 4) is 0 Å². The molecule has 210 valence electrons. The summed E-state index contributed by atoms with van der Waals surface area (Å²) in [5.41, 5.74) is 1.98. The number of rotatable bonds is 8. The van der Waals surface area contributed by atoms with Crippen molar-refractivity contribution in [3.63, 3.8) is 0 Å². The number of anilines is 1. The summed E-state index contributed by atoms with van der Waals surface area (Å²) in [6, 6.07) is 15.4. The molecule has 0 aliphatic carbocycles. The van der Waals surface area contributed by atoms with Crippen LogP contribution in [0.25, 0.3) is 0 Å². The van der Waals surface area contributed by atoms with E-state index in [0.29, 0.717) is 38.0 Å². The molecule has 39 heavy (non-hydrogen) atoms. The van der Waals surface area contributed by atoms with Crippen molar-refractivity contribution in [1.29, 1.82) is 0 Å². The number of benzene rings is 2. The fourth-order valence-corrected chi connectivity index (χ4v) is 4.37. The lowest BCUT2D eigenvalue weighted by molar-refractivity contribution is -0.137. The number of carbonyl (C=O) groups is 4. The largest absolute Gasteiger partial charge is 0.444 e. The van der Waals surface area contributed by atoms with Crippen LogP contribution >= 0.6 is 0 Å². The molecular weight excluding hydrogens is 496 g/mol. The first-order chi connectivity index (χ1) is 18.4. The number of hydrogen-bond acceptors (Lipinski definition) is 5. The average Bonchev–Trinajstić information content (AvgIpc) is 2.88. The highest BCUT2D eigenvalue weighted by Gasteiger charge is 2.33. The maximum atomic E-state index is 13.4. The average molecular weight is 537 g/mol. The molecule has 0 aromatic heterocycles. The van der Waals surface area contributed by atoms with Crippen molar-refractivity contribution in [2.45, 2.75) is 71.6 Å². The smallest absolute Gasteiger partial charge is 0.408 e. The predicted molar refractivity (Wildman–Crippen MR) is 150 cm³/mol. The number of aryl methyl sites for hydroxylation is 1. The van der Waals surface area contributed by atoms with Gasteiger partial charge in [0.05, 0.1) is 0 Å². The molecule has 1 aliphatic rings. The number of ether oxygens (including phenoxy) is 1. The minimum atomic E-state index is -0.793. The van der Waals surface area contributed by atoms with Crippen molar-refractivity contribution in [3.05, 3.63) is 65.7 Å². The molecule has 0 bridgehead atoms. The topological polar surface area (TPSA) is 117 Å². The molecule has 3 N–H and O–H groups in total. The van der Waals surface area contributed by atoms with Crippen LogP contribution in [0.5, 0.6) is 0 Å². The molecule has 0 saturated carbocycles. The van der Waals surface area contributed by atoms with Crippen molar-refractivity contribution in [1.82, 2.24) is 15.5 Å². The zero-order valence-corrected chi connectivity index (χ0v) is 23.5. The van der Waals surface area contributed by atoms with Crippen LogP contribution in [0.15, 0.2) is 54.6 Å². The molecule has 9 heteroatoms. The minimum Gasteiger partial charge on any atom is -0.444 e. The summed E-state index contributed by atoms with van der Waals surface area (Å²) in [6.45, 7) is 9.67. The van der Waals surface area contributed by atoms with Crippen molar-refractivity contribution in [2.75, 3.05) is 18.4 Å². The molecular formula is C30H40N4O5. The lowest BCUT2D eigenvalue weighted by Crippen LogP contribution is -2.53. The molecule has 1 heterocycles. The second kappa shape index (κ2) is 13.3. The molecule has 0 radical (unpaired) electrons. The number of carbonyl (C=O) groups excluding carboxylic acids is 4. The number of nitrogens with one attached hydrogen (secondary N) is 3. The fourth-order valence-electron chi connectivity index (χ4n) is 4.37. The summed E-state index contributed by atoms with van der Waals surface area (Å²) in [6.07, 6.45) is 0.610. The SMILES string of the molecule is Cc1ccc(NC(=O)[C@H](C)NC(=O)C2CCN(C(=O)[C@H](Cc3ccccc3)NC(=O)OC(C)(C)C)CC2)cc1. The van der Waals surface area contributed by atoms with Crippen LogP contribution in [0, 0.1) is 12.8 Å². The van der Waals surface area contributed by atoms with Gasteiger partial charge < -0.3 is 25.6 Å². The first-order valence-electron chi connectivity index (χ1n) is 13.4. The van der Waals surface area contributed by atoms with Gasteiger partial charge in [0.1, 0.15) is 17.7 Å². The Labute approximate surface area is 230 Å². The predicted octanol–water partition coefficient (Wildman–Crippen LogP) is 3.81. The summed E-state index contributed by atoms with van der Waals surface area (Å²) >= 11 is 0. The van der Waals surface area contributed by atoms with E-state index in [2.05, 4.69) is 16.0 Å². The van der Waals surface area contributed by atoms with E-state index in [4.69, 9.17) is 4.74 Å². The second-order valence-corrected chi connectivity index (χ2v) is 11.1. The van der Waals surface area contributed by atoms with Crippen molar-refractivity contribution in [2.24, 2.45) is 5.92 Å². The quantitative estimate of drug-likeness (QED) is 0.474. The second-order valence-electron chi connectivity index (χ2n) is 11.1. The van der Waals surface area contributed by atoms with Gasteiger partial charge in [-0.3, -0.25) is 14.4 Å². The van der Waals surface area contributed by atoms with E-state index in [-0.39, 0.29) is 23.6 Å². The summed E-state index contributed by atoms with van der Waals surface area (Å²) in [7, 11) is 0. The van der Waals surface area contributed by atoms with E-state index >= 15 is 0 Å². The number of hydrogen-bond donors (Lipinski definition) is 3. The van der Waals surface area contributed by atoms with Gasteiger partial charge in [0.25, 0.3) is 0 Å². The lowest BCUT2D eigenvalue weighted by atomic mass is 9.94. The van der Waals surface area contributed by atoms with Crippen molar-refractivity contribution < 1.29 is 23.9 Å². The summed E-state index contributed by atoms with van der Waals surface area (Å²) in [5, 5.41) is 8.35. The lowest BCUT2D eigenvalue weighted by Gasteiger charge is -2.34. The molecule has 2 atom stereocenters. The van der Waals surface area contributed by atoms with E-state index in [1.165, 1.54) is 0 Å². The van der Waals surface area contributed by atoms with Crippen molar-refractivity contribution >= 4 is 29.5 Å². The third-order valence-corrected chi connectivity index (χ3v) is 6.52. The monoisotopic (exact) mass is 536 g/mol. The third-order valence-electron chi connectivity index (χ3n) is 6.52. The van der Waals surface area contributed by atoms with Gasteiger partial charge in [-0.1, -0.05) is 48.0 Å². The number of alkyl carbamates (subject to hydrolysis) is 1. The molecule has 3 rings (SSSR count). The number of amides is 4. The summed E-state index contributed by atoms with van der Waals surface area (Å²) in [5.74, 6) is -1.03. The highest BCUT2D eigenvalue weighted by atomic mass is 16.6. The van der Waals surface area contributed by atoms with E-state index in [0.717, 1.165) is 11.1 Å². The van der Waals surface area contributed by atoms with Crippen LogP contribution in [0.1, 0.15) is 51.7 Å². The minimum absolute atomic E-state index is 0.207. The number of piperidine rings is 1. The molecule has 2 aromatic rings. The first kappa shape index (κ1) is 29.7. The van der Waals surface area contributed by atoms with Gasteiger partial charge in [-0.2, -0.15) is 0 Å². The Balaban J connectivity index is 1.54. The number of likely N-dealkylation sites (tertiary alicyclic amines) is 1. The van der Waals surface area contributed by atoms with Gasteiger partial charge in [0, 0.05) is 31.1 Å². The Bertz CT molecular complexity index is 1140. The van der Waals surface area contributed by atoms with Gasteiger partial charge >= 0.3 is 6.09 Å². The molecule has 1 fully saturated rings. The Kier molecular flexibility index (Phi) is 10.1. The Morgan fingerprint density at radius 2 is 1.56 bits per heavy atom. The van der Waals surface area contributed by atoms with Crippen LogP contribution in [-0.2, 0) is 25.5 Å². The molecule has 4 amide bonds. The maximum Gasteiger partial charge on any atom is 0.408 e. The first-order valence-corrected chi connectivity index (χ1v) is 13.4. The standard InChI is InChI=1S/C30H40N4O5/c1-20-11-13-24(14-12-20)32-26(35)21(2)31-27(36)23-15-17-34(18-16-23)28(37)25(19-22-9-7-6-8-10-22)33-29(38)39-30(3,4)5/h6-14,21,23,25H,15-19H2,1-5H3,(H,31,36)(H,32,35)(H,33,38)/t21-,25-/m0/s1. The van der Waals surface area contributed by atoms with Gasteiger partial charge in [-0.15, -0.1) is 0 Å². The zero-order chi connectivity index (χ0) is 28.6. The Morgan fingerprint density at radius 3 is 2.15 bits per heavy atom. The third kappa shape index (κ3) is 9.42. The normalized spacial score (nSPS) is 15.6. The Morgan fingerprint density at radius 1 is 0.949 bits per heavy atom. The van der Waals surface area contributed by atoms with E-state index in [1.807, 2.05) is 61.5 Å². The molecule has 2 aromatic carbocycles. The molecule has 0 spiro atoms. The Hall–Kier alpha value is -3.88. The fraction of sp³-hybridized carbons (Fsp3) is 0.467. The highest BCUT2D eigenvalue weighted by molar-refractivity contribution is 5.97. The molecule has 0 unspecified atom stereocenters. The van der Waals surface area contributed by atoms with Gasteiger partial charge in [-0.05, 0) is 65.2 Å². The summed E-state index contributed by atoms with van der Waals surface area (Å²) in [4.78, 5) is 53.0. The van der Waals surface area contributed by atoms with Crippen LogP contribution in [0.4, 0.5) is 10.5 Å². The van der Waals surface area contributed by atoms with Gasteiger partial charge in [0.2, 0.25) is 17.7 Å². The summed E-state index contributed by atoms with van der Waals surface area (Å²) < 4.78 is 5.38. The van der Waals surface area contributed by atoms with E-state index < -0.39 is 23.8 Å². The van der Waals surface area contributed by atoms with E-state index in [9.17, 15) is 19.2 Å². The van der Waals surface area contributed by atoms with Gasteiger partial charge in [0.15, 0.2) is 0 Å². The molecule has 1 saturated heterocycles. The highest BCUT2D eigenvalue weighted by Crippen LogP contribution is 2.20. The van der Waals surface area contributed by atoms with E-state index in [1.54, 1.807) is 32.6 Å².